The topological polar surface area (TPSA) is 81.3 Å². The molecule has 124 valence electrons. The standard InChI is InChI=1S/C16H17N5O2S/c1-11(2)24-15-9-8-13-18-20(16(23)21(13)19-15)10-14(22)17-12-6-4-3-5-7-12/h3-9,11H,10H2,1-2H3,(H,17,22). The van der Waals surface area contributed by atoms with E-state index >= 15 is 0 Å². The van der Waals surface area contributed by atoms with Crippen molar-refractivity contribution in [2.24, 2.45) is 0 Å². The first-order chi connectivity index (χ1) is 11.5. The first kappa shape index (κ1) is 16.3. The van der Waals surface area contributed by atoms with Crippen LogP contribution in [-0.4, -0.2) is 30.6 Å². The zero-order chi connectivity index (χ0) is 17.1. The number of nitrogens with one attached hydrogen (secondary N) is 1. The summed E-state index contributed by atoms with van der Waals surface area (Å²) < 4.78 is 2.34. The lowest BCUT2D eigenvalue weighted by molar-refractivity contribution is -0.117. The molecule has 0 aliphatic rings. The van der Waals surface area contributed by atoms with Gasteiger partial charge in [-0.25, -0.2) is 9.48 Å². The molecular weight excluding hydrogens is 326 g/mol. The van der Waals surface area contributed by atoms with E-state index in [1.54, 1.807) is 30.0 Å². The van der Waals surface area contributed by atoms with Crippen LogP contribution in [0.15, 0.2) is 52.3 Å². The van der Waals surface area contributed by atoms with Gasteiger partial charge in [-0.15, -0.1) is 16.9 Å². The molecule has 0 radical (unpaired) electrons. The van der Waals surface area contributed by atoms with Gasteiger partial charge in [0, 0.05) is 10.9 Å². The Hall–Kier alpha value is -2.61. The van der Waals surface area contributed by atoms with Crippen LogP contribution >= 0.6 is 11.8 Å². The lowest BCUT2D eigenvalue weighted by Crippen LogP contribution is -2.28. The van der Waals surface area contributed by atoms with Gasteiger partial charge in [0.15, 0.2) is 5.65 Å². The third-order valence-electron chi connectivity index (χ3n) is 3.12. The molecule has 3 aromatic rings. The average molecular weight is 343 g/mol. The van der Waals surface area contributed by atoms with E-state index in [1.165, 1.54) is 4.52 Å². The first-order valence-electron chi connectivity index (χ1n) is 7.51. The van der Waals surface area contributed by atoms with Gasteiger partial charge in [-0.3, -0.25) is 4.79 Å². The summed E-state index contributed by atoms with van der Waals surface area (Å²) >= 11 is 1.56. The molecule has 3 rings (SSSR count). The molecule has 0 saturated carbocycles. The third kappa shape index (κ3) is 3.65. The molecule has 0 aliphatic heterocycles. The first-order valence-corrected chi connectivity index (χ1v) is 8.39. The number of aromatic nitrogens is 4. The summed E-state index contributed by atoms with van der Waals surface area (Å²) in [6.45, 7) is 3.94. The number of para-hydroxylation sites is 1. The molecule has 0 saturated heterocycles. The molecule has 0 unspecified atom stereocenters. The van der Waals surface area contributed by atoms with Gasteiger partial charge >= 0.3 is 5.69 Å². The van der Waals surface area contributed by atoms with Gasteiger partial charge in [0.05, 0.1) is 0 Å². The van der Waals surface area contributed by atoms with Crippen LogP contribution in [0.1, 0.15) is 13.8 Å². The average Bonchev–Trinajstić information content (AvgIpc) is 2.84. The molecule has 1 amide bonds. The monoisotopic (exact) mass is 343 g/mol. The number of amides is 1. The van der Waals surface area contributed by atoms with Crippen molar-refractivity contribution >= 4 is 29.0 Å². The highest BCUT2D eigenvalue weighted by Gasteiger charge is 2.13. The molecule has 7 nitrogen and oxygen atoms in total. The number of thioether (sulfide) groups is 1. The van der Waals surface area contributed by atoms with E-state index < -0.39 is 5.69 Å². The van der Waals surface area contributed by atoms with E-state index in [9.17, 15) is 9.59 Å². The zero-order valence-electron chi connectivity index (χ0n) is 13.3. The number of carbonyl (C=O) groups excluding carboxylic acids is 1. The SMILES string of the molecule is CC(C)Sc1ccc2nn(CC(=O)Nc3ccccc3)c(=O)n2n1. The van der Waals surface area contributed by atoms with Crippen molar-refractivity contribution in [2.75, 3.05) is 5.32 Å². The molecule has 0 atom stereocenters. The van der Waals surface area contributed by atoms with Gasteiger partial charge in [-0.2, -0.15) is 9.61 Å². The minimum atomic E-state index is -0.431. The van der Waals surface area contributed by atoms with Gasteiger partial charge < -0.3 is 5.32 Å². The number of fused-ring (bicyclic) bond motifs is 1. The normalized spacial score (nSPS) is 11.1. The lowest BCUT2D eigenvalue weighted by Gasteiger charge is -2.03. The number of nitrogens with zero attached hydrogens (tertiary/aromatic N) is 4. The molecule has 2 heterocycles. The summed E-state index contributed by atoms with van der Waals surface area (Å²) in [5.41, 5.74) is 0.660. The highest BCUT2D eigenvalue weighted by atomic mass is 32.2. The second-order valence-electron chi connectivity index (χ2n) is 5.46. The molecule has 0 bridgehead atoms. The predicted molar refractivity (Wildman–Crippen MR) is 93.3 cm³/mol. The van der Waals surface area contributed by atoms with Crippen molar-refractivity contribution in [3.05, 3.63) is 52.9 Å². The quantitative estimate of drug-likeness (QED) is 0.717. The van der Waals surface area contributed by atoms with Gasteiger partial charge in [0.1, 0.15) is 11.6 Å². The van der Waals surface area contributed by atoms with Crippen molar-refractivity contribution in [1.82, 2.24) is 19.4 Å². The lowest BCUT2D eigenvalue weighted by atomic mass is 10.3. The van der Waals surface area contributed by atoms with E-state index in [1.807, 2.05) is 24.3 Å². The number of carbonyl (C=O) groups is 1. The van der Waals surface area contributed by atoms with Crippen LogP contribution in [-0.2, 0) is 11.3 Å². The maximum atomic E-state index is 12.4. The highest BCUT2D eigenvalue weighted by Crippen LogP contribution is 2.19. The molecule has 0 fully saturated rings. The Bertz CT molecular complexity index is 917. The second-order valence-corrected chi connectivity index (χ2v) is 7.06. The number of hydrogen-bond acceptors (Lipinski definition) is 5. The zero-order valence-corrected chi connectivity index (χ0v) is 14.2. The van der Waals surface area contributed by atoms with E-state index in [2.05, 4.69) is 29.4 Å². The number of rotatable bonds is 5. The van der Waals surface area contributed by atoms with Crippen LogP contribution in [0.25, 0.3) is 5.65 Å². The van der Waals surface area contributed by atoms with Crippen LogP contribution in [0.5, 0.6) is 0 Å². The minimum absolute atomic E-state index is 0.163. The Labute approximate surface area is 142 Å². The number of hydrogen-bond donors (Lipinski definition) is 1. The fourth-order valence-electron chi connectivity index (χ4n) is 2.16. The van der Waals surface area contributed by atoms with Gasteiger partial charge in [0.2, 0.25) is 5.91 Å². The van der Waals surface area contributed by atoms with Crippen LogP contribution in [0, 0.1) is 0 Å². The number of benzene rings is 1. The van der Waals surface area contributed by atoms with E-state index in [0.29, 0.717) is 16.6 Å². The van der Waals surface area contributed by atoms with E-state index in [-0.39, 0.29) is 12.5 Å². The summed E-state index contributed by atoms with van der Waals surface area (Å²) in [4.78, 5) is 24.4. The summed E-state index contributed by atoms with van der Waals surface area (Å²) in [6, 6.07) is 12.6. The van der Waals surface area contributed by atoms with E-state index in [0.717, 1.165) is 9.71 Å². The molecule has 8 heteroatoms. The fourth-order valence-corrected chi connectivity index (χ4v) is 2.92. The third-order valence-corrected chi connectivity index (χ3v) is 4.05. The van der Waals surface area contributed by atoms with Crippen molar-refractivity contribution in [3.8, 4) is 0 Å². The Morgan fingerprint density at radius 2 is 1.92 bits per heavy atom. The fraction of sp³-hybridized carbons (Fsp3) is 0.250. The Morgan fingerprint density at radius 3 is 2.62 bits per heavy atom. The second kappa shape index (κ2) is 6.88. The molecule has 1 N–H and O–H groups in total. The maximum absolute atomic E-state index is 12.4. The predicted octanol–water partition coefficient (Wildman–Crippen LogP) is 2.03. The molecule has 1 aromatic carbocycles. The van der Waals surface area contributed by atoms with Crippen LogP contribution < -0.4 is 11.0 Å². The molecule has 0 aliphatic carbocycles. The molecule has 24 heavy (non-hydrogen) atoms. The Morgan fingerprint density at radius 1 is 1.17 bits per heavy atom. The Kier molecular flexibility index (Phi) is 4.66. The minimum Gasteiger partial charge on any atom is -0.324 e. The molecule has 2 aromatic heterocycles. The summed E-state index contributed by atoms with van der Waals surface area (Å²) in [7, 11) is 0. The summed E-state index contributed by atoms with van der Waals surface area (Å²) in [6.07, 6.45) is 0. The van der Waals surface area contributed by atoms with Gasteiger partial charge in [0.25, 0.3) is 0 Å². The van der Waals surface area contributed by atoms with Crippen LogP contribution in [0.3, 0.4) is 0 Å². The van der Waals surface area contributed by atoms with Crippen molar-refractivity contribution < 1.29 is 4.79 Å². The van der Waals surface area contributed by atoms with Crippen molar-refractivity contribution in [1.29, 1.82) is 0 Å². The smallest absolute Gasteiger partial charge is 0.324 e. The molecular formula is C16H17N5O2S. The van der Waals surface area contributed by atoms with Crippen LogP contribution in [0.4, 0.5) is 5.69 Å². The van der Waals surface area contributed by atoms with Gasteiger partial charge in [-0.05, 0) is 24.3 Å². The van der Waals surface area contributed by atoms with Gasteiger partial charge in [-0.1, -0.05) is 32.0 Å². The van der Waals surface area contributed by atoms with Crippen molar-refractivity contribution in [3.63, 3.8) is 0 Å². The largest absolute Gasteiger partial charge is 0.367 e. The van der Waals surface area contributed by atoms with E-state index in [4.69, 9.17) is 0 Å². The maximum Gasteiger partial charge on any atom is 0.367 e. The summed E-state index contributed by atoms with van der Waals surface area (Å²) in [5.74, 6) is -0.316. The number of anilines is 1. The Balaban J connectivity index is 1.81. The highest BCUT2D eigenvalue weighted by molar-refractivity contribution is 7.99. The molecule has 0 spiro atoms. The van der Waals surface area contributed by atoms with Crippen LogP contribution in [0.2, 0.25) is 0 Å². The summed E-state index contributed by atoms with van der Waals surface area (Å²) in [5, 5.41) is 12.3. The van der Waals surface area contributed by atoms with Crippen molar-refractivity contribution in [2.45, 2.75) is 30.7 Å².